The number of H-pyrrole nitrogens is 1. The Morgan fingerprint density at radius 3 is 2.91 bits per heavy atom. The Balaban J connectivity index is 1.52. The summed E-state index contributed by atoms with van der Waals surface area (Å²) < 4.78 is 2.47. The monoisotopic (exact) mass is 487 g/mol. The van der Waals surface area contributed by atoms with Crippen LogP contribution >= 0.6 is 34.4 Å². The minimum absolute atomic E-state index is 0.0744. The van der Waals surface area contributed by atoms with Gasteiger partial charge in [0.2, 0.25) is 0 Å². The SMILES string of the molecule is CN(C)CCCn1c(SCc2nc3ccsc3c(=O)[nH]2)nc2sc3c(c2c1=O)CCCC3. The van der Waals surface area contributed by atoms with E-state index < -0.39 is 0 Å². The maximum absolute atomic E-state index is 13.6. The van der Waals surface area contributed by atoms with Crippen LogP contribution in [-0.2, 0) is 25.1 Å². The third-order valence-corrected chi connectivity index (χ3v) is 8.80. The van der Waals surface area contributed by atoms with E-state index in [1.807, 2.05) is 30.1 Å². The maximum atomic E-state index is 13.6. The molecule has 0 atom stereocenters. The molecule has 0 aromatic carbocycles. The molecule has 10 heteroatoms. The molecule has 1 N–H and O–H groups in total. The number of nitrogens with zero attached hydrogens (tertiary/aromatic N) is 4. The number of fused-ring (bicyclic) bond motifs is 4. The van der Waals surface area contributed by atoms with Crippen molar-refractivity contribution in [2.75, 3.05) is 20.6 Å². The van der Waals surface area contributed by atoms with Gasteiger partial charge in [-0.2, -0.15) is 0 Å². The number of thiophene rings is 2. The van der Waals surface area contributed by atoms with Gasteiger partial charge in [0, 0.05) is 11.4 Å². The molecule has 5 rings (SSSR count). The van der Waals surface area contributed by atoms with Crippen molar-refractivity contribution in [2.45, 2.75) is 49.6 Å². The van der Waals surface area contributed by atoms with Crippen LogP contribution < -0.4 is 11.1 Å². The second kappa shape index (κ2) is 9.09. The molecule has 4 aromatic heterocycles. The molecule has 4 aromatic rings. The molecule has 0 amide bonds. The smallest absolute Gasteiger partial charge is 0.268 e. The van der Waals surface area contributed by atoms with E-state index in [1.165, 1.54) is 40.0 Å². The largest absolute Gasteiger partial charge is 0.309 e. The van der Waals surface area contributed by atoms with Gasteiger partial charge in [0.25, 0.3) is 11.1 Å². The molecule has 168 valence electrons. The van der Waals surface area contributed by atoms with Gasteiger partial charge in [-0.05, 0) is 69.8 Å². The Kier molecular flexibility index (Phi) is 6.20. The quantitative estimate of drug-likeness (QED) is 0.315. The highest BCUT2D eigenvalue weighted by atomic mass is 32.2. The average molecular weight is 488 g/mol. The summed E-state index contributed by atoms with van der Waals surface area (Å²) in [5, 5.41) is 3.40. The summed E-state index contributed by atoms with van der Waals surface area (Å²) in [6.45, 7) is 1.53. The number of hydrogen-bond donors (Lipinski definition) is 1. The molecule has 0 aliphatic heterocycles. The Labute approximate surface area is 197 Å². The average Bonchev–Trinajstić information content (AvgIpc) is 3.38. The van der Waals surface area contributed by atoms with Gasteiger partial charge in [-0.3, -0.25) is 14.2 Å². The van der Waals surface area contributed by atoms with Crippen molar-refractivity contribution in [1.82, 2.24) is 24.4 Å². The van der Waals surface area contributed by atoms with Crippen LogP contribution in [0.2, 0.25) is 0 Å². The third kappa shape index (κ3) is 4.16. The molecule has 0 unspecified atom stereocenters. The van der Waals surface area contributed by atoms with Crippen LogP contribution in [0.15, 0.2) is 26.2 Å². The van der Waals surface area contributed by atoms with E-state index in [2.05, 4.69) is 14.9 Å². The van der Waals surface area contributed by atoms with Gasteiger partial charge < -0.3 is 9.88 Å². The lowest BCUT2D eigenvalue weighted by molar-refractivity contribution is 0.379. The number of aryl methyl sites for hydroxylation is 2. The molecular formula is C22H25N5O2S3. The lowest BCUT2D eigenvalue weighted by atomic mass is 9.97. The zero-order valence-corrected chi connectivity index (χ0v) is 20.6. The van der Waals surface area contributed by atoms with E-state index in [4.69, 9.17) is 4.98 Å². The number of aromatic nitrogens is 4. The highest BCUT2D eigenvalue weighted by Gasteiger charge is 2.22. The first-order valence-corrected chi connectivity index (χ1v) is 13.5. The fraction of sp³-hybridized carbons (Fsp3) is 0.455. The molecule has 0 spiro atoms. The van der Waals surface area contributed by atoms with E-state index in [1.54, 1.807) is 11.3 Å². The highest BCUT2D eigenvalue weighted by Crippen LogP contribution is 2.35. The Bertz CT molecular complexity index is 1400. The van der Waals surface area contributed by atoms with Gasteiger partial charge in [-0.25, -0.2) is 9.97 Å². The van der Waals surface area contributed by atoms with E-state index >= 15 is 0 Å². The van der Waals surface area contributed by atoms with Crippen molar-refractivity contribution in [3.63, 3.8) is 0 Å². The molecule has 1 aliphatic rings. The van der Waals surface area contributed by atoms with Crippen LogP contribution in [0.5, 0.6) is 0 Å². The van der Waals surface area contributed by atoms with Gasteiger partial charge >= 0.3 is 0 Å². The summed E-state index contributed by atoms with van der Waals surface area (Å²) in [5.74, 6) is 1.06. The number of aromatic amines is 1. The predicted molar refractivity (Wildman–Crippen MR) is 133 cm³/mol. The van der Waals surface area contributed by atoms with Crippen LogP contribution in [0.1, 0.15) is 35.5 Å². The molecule has 0 saturated carbocycles. The standard InChI is InChI=1S/C22H25N5O2S3/c1-26(2)9-5-10-27-21(29)17-13-6-3-4-7-15(13)32-20(17)25-22(27)31-12-16-23-14-8-11-30-18(14)19(28)24-16/h8,11H,3-7,9-10,12H2,1-2H3,(H,23,24,28). The van der Waals surface area contributed by atoms with E-state index in [0.717, 1.165) is 42.4 Å². The minimum Gasteiger partial charge on any atom is -0.309 e. The molecule has 0 bridgehead atoms. The van der Waals surface area contributed by atoms with Crippen molar-refractivity contribution in [1.29, 1.82) is 0 Å². The van der Waals surface area contributed by atoms with Crippen molar-refractivity contribution >= 4 is 54.9 Å². The second-order valence-corrected chi connectivity index (χ2v) is 11.3. The predicted octanol–water partition coefficient (Wildman–Crippen LogP) is 3.88. The molecule has 4 heterocycles. The first-order valence-electron chi connectivity index (χ1n) is 10.8. The van der Waals surface area contributed by atoms with Crippen molar-refractivity contribution in [3.8, 4) is 0 Å². The summed E-state index contributed by atoms with van der Waals surface area (Å²) in [6, 6.07) is 1.86. The first kappa shape index (κ1) is 21.8. The van der Waals surface area contributed by atoms with Gasteiger partial charge in [0.05, 0.1) is 16.7 Å². The van der Waals surface area contributed by atoms with Crippen molar-refractivity contribution in [2.24, 2.45) is 0 Å². The number of thioether (sulfide) groups is 1. The molecule has 32 heavy (non-hydrogen) atoms. The summed E-state index contributed by atoms with van der Waals surface area (Å²) >= 11 is 4.54. The molecule has 0 radical (unpaired) electrons. The summed E-state index contributed by atoms with van der Waals surface area (Å²) in [4.78, 5) is 42.6. The fourth-order valence-electron chi connectivity index (χ4n) is 4.20. The zero-order chi connectivity index (χ0) is 22.2. The molecule has 1 aliphatic carbocycles. The van der Waals surface area contributed by atoms with Crippen molar-refractivity contribution in [3.05, 3.63) is 48.4 Å². The van der Waals surface area contributed by atoms with Crippen LogP contribution in [0.4, 0.5) is 0 Å². The van der Waals surface area contributed by atoms with Gasteiger partial charge in [0.15, 0.2) is 5.16 Å². The van der Waals surface area contributed by atoms with E-state index in [-0.39, 0.29) is 11.1 Å². The van der Waals surface area contributed by atoms with E-state index in [9.17, 15) is 9.59 Å². The Hall–Kier alpha value is -2.01. The zero-order valence-electron chi connectivity index (χ0n) is 18.1. The Morgan fingerprint density at radius 1 is 1.22 bits per heavy atom. The van der Waals surface area contributed by atoms with Crippen LogP contribution in [0.25, 0.3) is 20.4 Å². The molecule has 7 nitrogen and oxygen atoms in total. The molecule has 0 fully saturated rings. The van der Waals surface area contributed by atoms with Gasteiger partial charge in [-0.15, -0.1) is 22.7 Å². The van der Waals surface area contributed by atoms with E-state index in [0.29, 0.717) is 33.5 Å². The Morgan fingerprint density at radius 2 is 2.06 bits per heavy atom. The first-order chi connectivity index (χ1) is 15.5. The third-order valence-electron chi connectivity index (χ3n) is 5.73. The van der Waals surface area contributed by atoms with Crippen LogP contribution in [0.3, 0.4) is 0 Å². The van der Waals surface area contributed by atoms with Crippen LogP contribution in [0, 0.1) is 0 Å². The van der Waals surface area contributed by atoms with Gasteiger partial charge in [0.1, 0.15) is 15.4 Å². The van der Waals surface area contributed by atoms with Crippen LogP contribution in [-0.4, -0.2) is 45.1 Å². The maximum Gasteiger partial charge on any atom is 0.268 e. The topological polar surface area (TPSA) is 83.9 Å². The summed E-state index contributed by atoms with van der Waals surface area (Å²) in [7, 11) is 4.08. The highest BCUT2D eigenvalue weighted by molar-refractivity contribution is 7.98. The minimum atomic E-state index is -0.113. The number of rotatable bonds is 7. The summed E-state index contributed by atoms with van der Waals surface area (Å²) in [6.07, 6.45) is 5.21. The summed E-state index contributed by atoms with van der Waals surface area (Å²) in [5.41, 5.74) is 1.90. The van der Waals surface area contributed by atoms with Gasteiger partial charge in [-0.1, -0.05) is 11.8 Å². The number of nitrogens with one attached hydrogen (secondary N) is 1. The normalized spacial score (nSPS) is 14.0. The fourth-order valence-corrected chi connectivity index (χ4v) is 7.12. The van der Waals surface area contributed by atoms with Crippen molar-refractivity contribution < 1.29 is 0 Å². The lowest BCUT2D eigenvalue weighted by Gasteiger charge is -2.15. The second-order valence-electron chi connectivity index (χ2n) is 8.34. The molecule has 0 saturated heterocycles. The lowest BCUT2D eigenvalue weighted by Crippen LogP contribution is -2.26. The number of hydrogen-bond acceptors (Lipinski definition) is 8. The molecular weight excluding hydrogens is 462 g/mol.